The minimum Gasteiger partial charge on any atom is -0.381 e. The van der Waals surface area contributed by atoms with Crippen LogP contribution in [0.15, 0.2) is 0 Å². The van der Waals surface area contributed by atoms with Crippen LogP contribution in [0.4, 0.5) is 4.79 Å². The molecule has 2 amide bonds. The number of rotatable bonds is 7. The lowest BCUT2D eigenvalue weighted by Crippen LogP contribution is -2.40. The zero-order chi connectivity index (χ0) is 9.94. The number of hydrazine groups is 1. The number of nitrogens with one attached hydrogen (secondary N) is 2. The molecule has 0 atom stereocenters. The lowest BCUT2D eigenvalue weighted by Gasteiger charge is -2.04. The molecule has 13 heavy (non-hydrogen) atoms. The van der Waals surface area contributed by atoms with E-state index in [1.165, 1.54) is 0 Å². The van der Waals surface area contributed by atoms with Gasteiger partial charge in [0, 0.05) is 19.8 Å². The summed E-state index contributed by atoms with van der Waals surface area (Å²) in [7, 11) is 0. The summed E-state index contributed by atoms with van der Waals surface area (Å²) in [4.78, 5) is 10.6. The Balaban J connectivity index is 2.95. The van der Waals surface area contributed by atoms with Gasteiger partial charge in [-0.1, -0.05) is 13.3 Å². The van der Waals surface area contributed by atoms with Crippen LogP contribution in [0, 0.1) is 0 Å². The molecule has 0 rings (SSSR count). The predicted molar refractivity (Wildman–Crippen MR) is 51.1 cm³/mol. The molecule has 0 aromatic carbocycles. The zero-order valence-electron chi connectivity index (χ0n) is 8.14. The zero-order valence-corrected chi connectivity index (χ0v) is 8.14. The van der Waals surface area contributed by atoms with Gasteiger partial charge in [-0.25, -0.2) is 10.6 Å². The number of hydrogen-bond donors (Lipinski definition) is 3. The number of hydrogen-bond acceptors (Lipinski definition) is 3. The van der Waals surface area contributed by atoms with E-state index in [4.69, 9.17) is 10.6 Å². The van der Waals surface area contributed by atoms with Gasteiger partial charge in [0.25, 0.3) is 0 Å². The second kappa shape index (κ2) is 9.28. The second-order valence-corrected chi connectivity index (χ2v) is 2.72. The van der Waals surface area contributed by atoms with Gasteiger partial charge in [-0.3, -0.25) is 5.43 Å². The van der Waals surface area contributed by atoms with E-state index in [-0.39, 0.29) is 6.03 Å². The highest BCUT2D eigenvalue weighted by atomic mass is 16.5. The number of unbranched alkanes of at least 4 members (excludes halogenated alkanes) is 1. The summed E-state index contributed by atoms with van der Waals surface area (Å²) in [6, 6.07) is -0.353. The Bertz CT molecular complexity index is 131. The van der Waals surface area contributed by atoms with Gasteiger partial charge in [0.2, 0.25) is 0 Å². The minimum atomic E-state index is -0.353. The number of ether oxygens (including phenoxy) is 1. The van der Waals surface area contributed by atoms with Crippen LogP contribution in [-0.4, -0.2) is 25.8 Å². The third-order valence-corrected chi connectivity index (χ3v) is 1.52. The van der Waals surface area contributed by atoms with Gasteiger partial charge >= 0.3 is 6.03 Å². The molecule has 5 nitrogen and oxygen atoms in total. The van der Waals surface area contributed by atoms with Gasteiger partial charge in [0.15, 0.2) is 0 Å². The number of carbonyl (C=O) groups excluding carboxylic acids is 1. The van der Waals surface area contributed by atoms with Crippen molar-refractivity contribution in [2.75, 3.05) is 19.8 Å². The fraction of sp³-hybridized carbons (Fsp3) is 0.875. The topological polar surface area (TPSA) is 76.4 Å². The van der Waals surface area contributed by atoms with E-state index < -0.39 is 0 Å². The highest BCUT2D eigenvalue weighted by Gasteiger charge is 1.94. The summed E-state index contributed by atoms with van der Waals surface area (Å²) in [5.41, 5.74) is 1.99. The van der Waals surface area contributed by atoms with E-state index in [1.54, 1.807) is 0 Å². The largest absolute Gasteiger partial charge is 0.381 e. The monoisotopic (exact) mass is 189 g/mol. The van der Waals surface area contributed by atoms with Crippen molar-refractivity contribution in [3.05, 3.63) is 0 Å². The van der Waals surface area contributed by atoms with Crippen LogP contribution in [0.3, 0.4) is 0 Å². The SMILES string of the molecule is CCCCOCCCNC(=O)NN. The van der Waals surface area contributed by atoms with E-state index in [0.717, 1.165) is 25.9 Å². The van der Waals surface area contributed by atoms with Gasteiger partial charge in [-0.2, -0.15) is 0 Å². The average molecular weight is 189 g/mol. The maximum Gasteiger partial charge on any atom is 0.328 e. The number of amides is 2. The van der Waals surface area contributed by atoms with Crippen molar-refractivity contribution in [3.8, 4) is 0 Å². The fourth-order valence-electron chi connectivity index (χ4n) is 0.776. The van der Waals surface area contributed by atoms with Crippen LogP contribution in [0.5, 0.6) is 0 Å². The van der Waals surface area contributed by atoms with E-state index in [0.29, 0.717) is 13.2 Å². The molecule has 0 spiro atoms. The first-order chi connectivity index (χ1) is 6.31. The fourth-order valence-corrected chi connectivity index (χ4v) is 0.776. The average Bonchev–Trinajstić information content (AvgIpc) is 2.16. The smallest absolute Gasteiger partial charge is 0.328 e. The van der Waals surface area contributed by atoms with Gasteiger partial charge in [0.05, 0.1) is 0 Å². The molecule has 0 radical (unpaired) electrons. The summed E-state index contributed by atoms with van der Waals surface area (Å²) in [6.45, 7) is 4.20. The first kappa shape index (κ1) is 12.2. The highest BCUT2D eigenvalue weighted by molar-refractivity contribution is 5.72. The molecule has 0 aromatic heterocycles. The van der Waals surface area contributed by atoms with Crippen molar-refractivity contribution in [3.63, 3.8) is 0 Å². The minimum absolute atomic E-state index is 0.353. The van der Waals surface area contributed by atoms with Gasteiger partial charge in [-0.15, -0.1) is 0 Å². The summed E-state index contributed by atoms with van der Waals surface area (Å²) in [5.74, 6) is 4.86. The van der Waals surface area contributed by atoms with Crippen LogP contribution in [-0.2, 0) is 4.74 Å². The first-order valence-corrected chi connectivity index (χ1v) is 4.63. The maximum atomic E-state index is 10.6. The normalized spacial score (nSPS) is 9.69. The number of nitrogens with two attached hydrogens (primary N) is 1. The molecule has 0 fully saturated rings. The van der Waals surface area contributed by atoms with Crippen LogP contribution >= 0.6 is 0 Å². The number of urea groups is 1. The predicted octanol–water partition coefficient (Wildman–Crippen LogP) is 0.366. The molecule has 4 N–H and O–H groups in total. The van der Waals surface area contributed by atoms with Gasteiger partial charge in [-0.05, 0) is 12.8 Å². The Labute approximate surface area is 79.0 Å². The van der Waals surface area contributed by atoms with Crippen molar-refractivity contribution in [2.24, 2.45) is 5.84 Å². The molecule has 5 heteroatoms. The van der Waals surface area contributed by atoms with Crippen LogP contribution < -0.4 is 16.6 Å². The lowest BCUT2D eigenvalue weighted by atomic mass is 10.4. The second-order valence-electron chi connectivity index (χ2n) is 2.72. The molecule has 0 aliphatic carbocycles. The van der Waals surface area contributed by atoms with Crippen molar-refractivity contribution < 1.29 is 9.53 Å². The van der Waals surface area contributed by atoms with Crippen LogP contribution in [0.1, 0.15) is 26.2 Å². The number of carbonyl (C=O) groups is 1. The van der Waals surface area contributed by atoms with E-state index in [9.17, 15) is 4.79 Å². The molecular weight excluding hydrogens is 170 g/mol. The molecule has 0 saturated heterocycles. The quantitative estimate of drug-likeness (QED) is 0.234. The van der Waals surface area contributed by atoms with Crippen molar-refractivity contribution >= 4 is 6.03 Å². The third-order valence-electron chi connectivity index (χ3n) is 1.52. The summed E-state index contributed by atoms with van der Waals surface area (Å²) in [6.07, 6.45) is 3.06. The molecule has 0 saturated carbocycles. The lowest BCUT2D eigenvalue weighted by molar-refractivity contribution is 0.129. The van der Waals surface area contributed by atoms with Crippen molar-refractivity contribution in [1.29, 1.82) is 0 Å². The Hall–Kier alpha value is -0.810. The van der Waals surface area contributed by atoms with E-state index in [1.807, 2.05) is 5.43 Å². The molecule has 0 bridgehead atoms. The Morgan fingerprint density at radius 2 is 2.08 bits per heavy atom. The van der Waals surface area contributed by atoms with Crippen LogP contribution in [0.2, 0.25) is 0 Å². The molecule has 0 heterocycles. The first-order valence-electron chi connectivity index (χ1n) is 4.63. The van der Waals surface area contributed by atoms with E-state index in [2.05, 4.69) is 12.2 Å². The Morgan fingerprint density at radius 3 is 2.69 bits per heavy atom. The van der Waals surface area contributed by atoms with E-state index >= 15 is 0 Å². The third kappa shape index (κ3) is 9.10. The molecule has 78 valence electrons. The summed E-state index contributed by atoms with van der Waals surface area (Å²) in [5, 5.41) is 2.57. The van der Waals surface area contributed by atoms with Crippen LogP contribution in [0.25, 0.3) is 0 Å². The molecule has 0 aliphatic heterocycles. The van der Waals surface area contributed by atoms with Crippen molar-refractivity contribution in [2.45, 2.75) is 26.2 Å². The summed E-state index contributed by atoms with van der Waals surface area (Å²) >= 11 is 0. The summed E-state index contributed by atoms with van der Waals surface area (Å²) < 4.78 is 5.29. The molecule has 0 aliphatic rings. The van der Waals surface area contributed by atoms with Crippen molar-refractivity contribution in [1.82, 2.24) is 10.7 Å². The standard InChI is InChI=1S/C8H19N3O2/c1-2-3-6-13-7-4-5-10-8(12)11-9/h2-7,9H2,1H3,(H2,10,11,12). The van der Waals surface area contributed by atoms with Gasteiger partial charge < -0.3 is 10.1 Å². The maximum absolute atomic E-state index is 10.6. The highest BCUT2D eigenvalue weighted by Crippen LogP contribution is 1.88. The Kier molecular flexibility index (Phi) is 8.70. The molecule has 0 aromatic rings. The molecule has 0 unspecified atom stereocenters. The molecular formula is C8H19N3O2. The van der Waals surface area contributed by atoms with Gasteiger partial charge in [0.1, 0.15) is 0 Å². The Morgan fingerprint density at radius 1 is 1.38 bits per heavy atom.